The molecule has 1 aliphatic heterocycles. The standard InChI is InChI=1S/C10H13ClN2.CH3NO/c1-8-3-5-13(7-8)10-6-9(11)2-4-12-10;1-2-3/h2,4,6,8H,3,5,7H2,1H3;3H,1H2. The zero-order valence-corrected chi connectivity index (χ0v) is 10.1. The molecule has 1 aliphatic rings. The van der Waals surface area contributed by atoms with Crippen LogP contribution in [-0.2, 0) is 0 Å². The molecule has 4 nitrogen and oxygen atoms in total. The Morgan fingerprint density at radius 1 is 1.69 bits per heavy atom. The van der Waals surface area contributed by atoms with Crippen LogP contribution in [0.4, 0.5) is 5.82 Å². The van der Waals surface area contributed by atoms with Crippen molar-refractivity contribution in [2.24, 2.45) is 11.1 Å². The average molecular weight is 242 g/mol. The van der Waals surface area contributed by atoms with Gasteiger partial charge in [-0.2, -0.15) is 0 Å². The molecular weight excluding hydrogens is 226 g/mol. The van der Waals surface area contributed by atoms with Gasteiger partial charge in [-0.1, -0.05) is 18.5 Å². The molecule has 1 unspecified atom stereocenters. The zero-order valence-electron chi connectivity index (χ0n) is 9.30. The van der Waals surface area contributed by atoms with Gasteiger partial charge in [-0.15, -0.1) is 5.16 Å². The van der Waals surface area contributed by atoms with Crippen molar-refractivity contribution in [3.05, 3.63) is 23.4 Å². The third-order valence-corrected chi connectivity index (χ3v) is 2.69. The largest absolute Gasteiger partial charge is 0.411 e. The first kappa shape index (κ1) is 12.8. The maximum Gasteiger partial charge on any atom is 0.129 e. The first-order chi connectivity index (χ1) is 7.67. The Balaban J connectivity index is 0.000000386. The van der Waals surface area contributed by atoms with Crippen LogP contribution in [-0.4, -0.2) is 30.0 Å². The van der Waals surface area contributed by atoms with E-state index in [9.17, 15) is 0 Å². The molecule has 1 aromatic heterocycles. The number of rotatable bonds is 1. The van der Waals surface area contributed by atoms with E-state index in [0.717, 1.165) is 29.8 Å². The summed E-state index contributed by atoms with van der Waals surface area (Å²) in [5, 5.41) is 10.1. The van der Waals surface area contributed by atoms with Crippen LogP contribution in [0.3, 0.4) is 0 Å². The maximum atomic E-state index is 7.08. The third-order valence-electron chi connectivity index (χ3n) is 2.46. The summed E-state index contributed by atoms with van der Waals surface area (Å²) in [6, 6.07) is 3.74. The van der Waals surface area contributed by atoms with Crippen molar-refractivity contribution in [2.75, 3.05) is 18.0 Å². The van der Waals surface area contributed by atoms with E-state index in [2.05, 4.69) is 28.7 Å². The van der Waals surface area contributed by atoms with Gasteiger partial charge in [-0.3, -0.25) is 0 Å². The van der Waals surface area contributed by atoms with Crippen molar-refractivity contribution in [3.63, 3.8) is 0 Å². The molecule has 0 radical (unpaired) electrons. The first-order valence-corrected chi connectivity index (χ1v) is 5.51. The predicted octanol–water partition coefficient (Wildman–Crippen LogP) is 2.66. The van der Waals surface area contributed by atoms with E-state index in [-0.39, 0.29) is 0 Å². The average Bonchev–Trinajstić information content (AvgIpc) is 2.66. The number of halogens is 1. The molecule has 0 spiro atoms. The van der Waals surface area contributed by atoms with Gasteiger partial charge in [0.05, 0.1) is 0 Å². The fraction of sp³-hybridized carbons (Fsp3) is 0.455. The van der Waals surface area contributed by atoms with E-state index in [1.807, 2.05) is 12.1 Å². The Kier molecular flexibility index (Phi) is 5.05. The molecule has 0 aliphatic carbocycles. The molecule has 0 saturated carbocycles. The van der Waals surface area contributed by atoms with Crippen molar-refractivity contribution in [2.45, 2.75) is 13.3 Å². The van der Waals surface area contributed by atoms with Gasteiger partial charge < -0.3 is 10.1 Å². The summed E-state index contributed by atoms with van der Waals surface area (Å²) < 4.78 is 0. The van der Waals surface area contributed by atoms with E-state index in [0.29, 0.717) is 0 Å². The molecule has 0 aromatic carbocycles. The molecule has 88 valence electrons. The topological polar surface area (TPSA) is 48.7 Å². The summed E-state index contributed by atoms with van der Waals surface area (Å²) in [5.74, 6) is 1.79. The van der Waals surface area contributed by atoms with Crippen molar-refractivity contribution in [3.8, 4) is 0 Å². The van der Waals surface area contributed by atoms with Gasteiger partial charge in [0, 0.05) is 31.0 Å². The normalized spacial score (nSPS) is 18.9. The summed E-state index contributed by atoms with van der Waals surface area (Å²) in [6.45, 7) is 7.15. The molecule has 16 heavy (non-hydrogen) atoms. The number of hydrogen-bond donors (Lipinski definition) is 1. The van der Waals surface area contributed by atoms with Crippen LogP contribution in [0.2, 0.25) is 5.02 Å². The van der Waals surface area contributed by atoms with E-state index in [1.54, 1.807) is 6.20 Å². The Bertz CT molecular complexity index is 346. The van der Waals surface area contributed by atoms with Crippen LogP contribution in [0.1, 0.15) is 13.3 Å². The highest BCUT2D eigenvalue weighted by Crippen LogP contribution is 2.23. The van der Waals surface area contributed by atoms with Crippen LogP contribution in [0.5, 0.6) is 0 Å². The van der Waals surface area contributed by atoms with E-state index in [4.69, 9.17) is 16.8 Å². The van der Waals surface area contributed by atoms with Gasteiger partial charge >= 0.3 is 0 Å². The highest BCUT2D eigenvalue weighted by atomic mass is 35.5. The minimum atomic E-state index is 0.768. The number of oxime groups is 1. The van der Waals surface area contributed by atoms with E-state index < -0.39 is 0 Å². The molecule has 2 heterocycles. The Morgan fingerprint density at radius 3 is 2.88 bits per heavy atom. The highest BCUT2D eigenvalue weighted by molar-refractivity contribution is 6.30. The molecule has 1 N–H and O–H groups in total. The molecule has 5 heteroatoms. The smallest absolute Gasteiger partial charge is 0.129 e. The quantitative estimate of drug-likeness (QED) is 0.467. The summed E-state index contributed by atoms with van der Waals surface area (Å²) in [7, 11) is 0. The maximum absolute atomic E-state index is 7.08. The molecule has 1 aromatic rings. The van der Waals surface area contributed by atoms with E-state index >= 15 is 0 Å². The SMILES string of the molecule is C=NO.CC1CCN(c2cc(Cl)ccn2)C1. The number of pyridine rings is 1. The number of nitrogens with zero attached hydrogens (tertiary/aromatic N) is 3. The summed E-state index contributed by atoms with van der Waals surface area (Å²) in [6.07, 6.45) is 3.02. The predicted molar refractivity (Wildman–Crippen MR) is 66.6 cm³/mol. The Labute approximate surface area is 101 Å². The Morgan fingerprint density at radius 2 is 2.38 bits per heavy atom. The monoisotopic (exact) mass is 241 g/mol. The second-order valence-corrected chi connectivity index (χ2v) is 4.25. The fourth-order valence-electron chi connectivity index (χ4n) is 1.71. The minimum Gasteiger partial charge on any atom is -0.411 e. The number of aromatic nitrogens is 1. The molecule has 0 bridgehead atoms. The molecule has 0 amide bonds. The summed E-state index contributed by atoms with van der Waals surface area (Å²) >= 11 is 5.89. The first-order valence-electron chi connectivity index (χ1n) is 5.14. The number of hydrogen-bond acceptors (Lipinski definition) is 4. The van der Waals surface area contributed by atoms with Gasteiger partial charge in [0.1, 0.15) is 5.82 Å². The lowest BCUT2D eigenvalue weighted by Gasteiger charge is -2.16. The number of anilines is 1. The summed E-state index contributed by atoms with van der Waals surface area (Å²) in [4.78, 5) is 6.59. The van der Waals surface area contributed by atoms with Crippen LogP contribution in [0.25, 0.3) is 0 Å². The lowest BCUT2D eigenvalue weighted by Crippen LogP contribution is -2.19. The third kappa shape index (κ3) is 3.70. The molecule has 1 fully saturated rings. The van der Waals surface area contributed by atoms with Crippen molar-refractivity contribution in [1.82, 2.24) is 4.98 Å². The van der Waals surface area contributed by atoms with Crippen molar-refractivity contribution >= 4 is 24.1 Å². The Hall–Kier alpha value is -1.29. The van der Waals surface area contributed by atoms with Gasteiger partial charge in [-0.25, -0.2) is 4.98 Å². The van der Waals surface area contributed by atoms with Crippen LogP contribution in [0, 0.1) is 5.92 Å². The molecular formula is C11H16ClN3O. The molecule has 2 rings (SSSR count). The minimum absolute atomic E-state index is 0.768. The van der Waals surface area contributed by atoms with Crippen LogP contribution < -0.4 is 4.90 Å². The van der Waals surface area contributed by atoms with Crippen LogP contribution in [0.15, 0.2) is 23.5 Å². The second-order valence-electron chi connectivity index (χ2n) is 3.81. The second kappa shape index (κ2) is 6.33. The molecule has 1 saturated heterocycles. The van der Waals surface area contributed by atoms with Crippen LogP contribution >= 0.6 is 11.6 Å². The molecule has 1 atom stereocenters. The summed E-state index contributed by atoms with van der Waals surface area (Å²) in [5.41, 5.74) is 0. The van der Waals surface area contributed by atoms with E-state index in [1.165, 1.54) is 6.42 Å². The van der Waals surface area contributed by atoms with Crippen molar-refractivity contribution < 1.29 is 5.21 Å². The van der Waals surface area contributed by atoms with Gasteiger partial charge in [0.15, 0.2) is 0 Å². The highest BCUT2D eigenvalue weighted by Gasteiger charge is 2.19. The van der Waals surface area contributed by atoms with Gasteiger partial charge in [0.25, 0.3) is 0 Å². The van der Waals surface area contributed by atoms with Crippen molar-refractivity contribution in [1.29, 1.82) is 0 Å². The van der Waals surface area contributed by atoms with Gasteiger partial charge in [-0.05, 0) is 24.5 Å². The fourth-order valence-corrected chi connectivity index (χ4v) is 1.86. The lowest BCUT2D eigenvalue weighted by atomic mass is 10.2. The lowest BCUT2D eigenvalue weighted by molar-refractivity contribution is 0.323. The van der Waals surface area contributed by atoms with Gasteiger partial charge in [0.2, 0.25) is 0 Å². The zero-order chi connectivity index (χ0) is 12.0.